The summed E-state index contributed by atoms with van der Waals surface area (Å²) in [5.41, 5.74) is 0.375. The number of hydrogen-bond donors (Lipinski definition) is 1. The van der Waals surface area contributed by atoms with Crippen LogP contribution in [0.3, 0.4) is 0 Å². The zero-order chi connectivity index (χ0) is 17.9. The quantitative estimate of drug-likeness (QED) is 0.908. The van der Waals surface area contributed by atoms with Gasteiger partial charge in [-0.1, -0.05) is 19.9 Å². The lowest BCUT2D eigenvalue weighted by molar-refractivity contribution is -0.124. The molecule has 0 aromatic heterocycles. The Bertz CT molecular complexity index is 607. The third-order valence-corrected chi connectivity index (χ3v) is 4.80. The highest BCUT2D eigenvalue weighted by molar-refractivity contribution is 5.89. The number of hydrogen-bond acceptors (Lipinski definition) is 4. The molecule has 25 heavy (non-hydrogen) atoms. The van der Waals surface area contributed by atoms with E-state index in [-0.39, 0.29) is 17.7 Å². The van der Waals surface area contributed by atoms with Crippen LogP contribution in [0.2, 0.25) is 0 Å². The standard InChI is InChI=1S/C19H28N2O4/c1-14(2)12-24-17-6-4-5-16(11-17)20-18(22)21-8-10-25-19(13-21)7-9-23-15(19)3/h4-6,11,14-15H,7-10,12-13H2,1-3H3,(H,20,22)/t15-,19+/m0/s1. The van der Waals surface area contributed by atoms with Crippen molar-refractivity contribution in [2.75, 3.05) is 38.2 Å². The molecule has 0 bridgehead atoms. The van der Waals surface area contributed by atoms with Gasteiger partial charge in [0.05, 0.1) is 25.9 Å². The number of carbonyl (C=O) groups is 1. The van der Waals surface area contributed by atoms with Crippen molar-refractivity contribution in [3.05, 3.63) is 24.3 Å². The molecule has 0 unspecified atom stereocenters. The van der Waals surface area contributed by atoms with Gasteiger partial charge in [-0.05, 0) is 25.0 Å². The first-order valence-electron chi connectivity index (χ1n) is 9.03. The number of rotatable bonds is 4. The summed E-state index contributed by atoms with van der Waals surface area (Å²) in [6, 6.07) is 7.41. The number of urea groups is 1. The van der Waals surface area contributed by atoms with Gasteiger partial charge in [0.2, 0.25) is 0 Å². The van der Waals surface area contributed by atoms with E-state index in [1.165, 1.54) is 0 Å². The molecule has 3 rings (SSSR count). The zero-order valence-corrected chi connectivity index (χ0v) is 15.3. The molecule has 2 atom stereocenters. The van der Waals surface area contributed by atoms with E-state index in [0.29, 0.717) is 38.8 Å². The summed E-state index contributed by atoms with van der Waals surface area (Å²) in [5, 5.41) is 2.97. The number of ether oxygens (including phenoxy) is 3. The third-order valence-electron chi connectivity index (χ3n) is 4.80. The van der Waals surface area contributed by atoms with Crippen molar-refractivity contribution in [2.24, 2.45) is 5.92 Å². The van der Waals surface area contributed by atoms with Crippen LogP contribution in [-0.2, 0) is 9.47 Å². The number of benzene rings is 1. The van der Waals surface area contributed by atoms with Gasteiger partial charge in [0.25, 0.3) is 0 Å². The molecule has 6 heteroatoms. The van der Waals surface area contributed by atoms with Gasteiger partial charge in [0, 0.05) is 31.3 Å². The molecule has 2 heterocycles. The topological polar surface area (TPSA) is 60.0 Å². The molecule has 0 saturated carbocycles. The number of nitrogens with one attached hydrogen (secondary N) is 1. The van der Waals surface area contributed by atoms with E-state index in [1.54, 1.807) is 0 Å². The van der Waals surface area contributed by atoms with E-state index in [0.717, 1.165) is 17.9 Å². The van der Waals surface area contributed by atoms with Crippen molar-refractivity contribution in [3.63, 3.8) is 0 Å². The van der Waals surface area contributed by atoms with Crippen LogP contribution in [-0.4, -0.2) is 55.5 Å². The summed E-state index contributed by atoms with van der Waals surface area (Å²) in [4.78, 5) is 14.5. The molecule has 0 aliphatic carbocycles. The minimum atomic E-state index is -0.363. The van der Waals surface area contributed by atoms with Gasteiger partial charge >= 0.3 is 6.03 Å². The molecule has 2 fully saturated rings. The van der Waals surface area contributed by atoms with Gasteiger partial charge in [0.15, 0.2) is 0 Å². The number of anilines is 1. The summed E-state index contributed by atoms with van der Waals surface area (Å²) in [7, 11) is 0. The van der Waals surface area contributed by atoms with Crippen molar-refractivity contribution in [1.29, 1.82) is 0 Å². The lowest BCUT2D eigenvalue weighted by Crippen LogP contribution is -2.57. The van der Waals surface area contributed by atoms with Crippen LogP contribution < -0.4 is 10.1 Å². The van der Waals surface area contributed by atoms with Crippen LogP contribution in [0.5, 0.6) is 5.75 Å². The number of amides is 2. The first kappa shape index (κ1) is 18.0. The van der Waals surface area contributed by atoms with Crippen LogP contribution in [0, 0.1) is 5.92 Å². The maximum absolute atomic E-state index is 12.7. The normalized spacial score (nSPS) is 26.2. The largest absolute Gasteiger partial charge is 0.493 e. The molecule has 6 nitrogen and oxygen atoms in total. The van der Waals surface area contributed by atoms with Gasteiger partial charge in [-0.2, -0.15) is 0 Å². The van der Waals surface area contributed by atoms with Gasteiger partial charge in [-0.15, -0.1) is 0 Å². The Morgan fingerprint density at radius 2 is 2.28 bits per heavy atom. The highest BCUT2D eigenvalue weighted by Gasteiger charge is 2.47. The predicted octanol–water partition coefficient (Wildman–Crippen LogP) is 3.13. The zero-order valence-electron chi connectivity index (χ0n) is 15.3. The number of morpholine rings is 1. The van der Waals surface area contributed by atoms with E-state index in [4.69, 9.17) is 14.2 Å². The fourth-order valence-electron chi connectivity index (χ4n) is 3.27. The van der Waals surface area contributed by atoms with Crippen molar-refractivity contribution in [2.45, 2.75) is 38.9 Å². The van der Waals surface area contributed by atoms with Crippen molar-refractivity contribution in [3.8, 4) is 5.75 Å². The van der Waals surface area contributed by atoms with Crippen molar-refractivity contribution >= 4 is 11.7 Å². The van der Waals surface area contributed by atoms with Gasteiger partial charge in [-0.25, -0.2) is 4.79 Å². The van der Waals surface area contributed by atoms with Crippen LogP contribution in [0.1, 0.15) is 27.2 Å². The van der Waals surface area contributed by atoms with Crippen LogP contribution in [0.25, 0.3) is 0 Å². The lowest BCUT2D eigenvalue weighted by atomic mass is 9.94. The molecule has 1 aromatic rings. The molecule has 0 radical (unpaired) electrons. The summed E-state index contributed by atoms with van der Waals surface area (Å²) in [6.45, 7) is 9.25. The van der Waals surface area contributed by atoms with Gasteiger partial charge in [-0.3, -0.25) is 0 Å². The summed E-state index contributed by atoms with van der Waals surface area (Å²) < 4.78 is 17.4. The smallest absolute Gasteiger partial charge is 0.322 e. The Balaban J connectivity index is 1.61. The second-order valence-corrected chi connectivity index (χ2v) is 7.26. The minimum Gasteiger partial charge on any atom is -0.493 e. The predicted molar refractivity (Wildman–Crippen MR) is 96.1 cm³/mol. The summed E-state index contributed by atoms with van der Waals surface area (Å²) in [6.07, 6.45) is 0.840. The molecule has 138 valence electrons. The van der Waals surface area contributed by atoms with Gasteiger partial charge < -0.3 is 24.4 Å². The molecule has 2 amide bonds. The Labute approximate surface area is 149 Å². The van der Waals surface area contributed by atoms with E-state index >= 15 is 0 Å². The highest BCUT2D eigenvalue weighted by Crippen LogP contribution is 2.33. The average Bonchev–Trinajstić information content (AvgIpc) is 2.93. The molecule has 1 spiro atoms. The maximum Gasteiger partial charge on any atom is 0.322 e. The van der Waals surface area contributed by atoms with E-state index in [9.17, 15) is 4.79 Å². The monoisotopic (exact) mass is 348 g/mol. The Morgan fingerprint density at radius 3 is 3.00 bits per heavy atom. The van der Waals surface area contributed by atoms with Crippen LogP contribution in [0.4, 0.5) is 10.5 Å². The molecular formula is C19H28N2O4. The van der Waals surface area contributed by atoms with E-state index in [2.05, 4.69) is 19.2 Å². The fourth-order valence-corrected chi connectivity index (χ4v) is 3.27. The van der Waals surface area contributed by atoms with Crippen LogP contribution >= 0.6 is 0 Å². The Kier molecular flexibility index (Phi) is 5.49. The lowest BCUT2D eigenvalue weighted by Gasteiger charge is -2.41. The summed E-state index contributed by atoms with van der Waals surface area (Å²) in [5.74, 6) is 1.22. The fraction of sp³-hybridized carbons (Fsp3) is 0.632. The third kappa shape index (κ3) is 4.25. The molecule has 1 N–H and O–H groups in total. The Morgan fingerprint density at radius 1 is 1.44 bits per heavy atom. The average molecular weight is 348 g/mol. The van der Waals surface area contributed by atoms with E-state index < -0.39 is 0 Å². The maximum atomic E-state index is 12.7. The molecule has 2 aliphatic heterocycles. The van der Waals surface area contributed by atoms with Crippen molar-refractivity contribution < 1.29 is 19.0 Å². The van der Waals surface area contributed by atoms with Crippen molar-refractivity contribution in [1.82, 2.24) is 4.90 Å². The highest BCUT2D eigenvalue weighted by atomic mass is 16.6. The second kappa shape index (κ2) is 7.62. The molecule has 1 aromatic carbocycles. The van der Waals surface area contributed by atoms with Gasteiger partial charge in [0.1, 0.15) is 11.4 Å². The first-order chi connectivity index (χ1) is 12.0. The van der Waals surface area contributed by atoms with Crippen LogP contribution in [0.15, 0.2) is 24.3 Å². The molecule has 2 aliphatic rings. The minimum absolute atomic E-state index is 0.0101. The number of carbonyl (C=O) groups excluding carboxylic acids is 1. The second-order valence-electron chi connectivity index (χ2n) is 7.26. The Hall–Kier alpha value is -1.79. The first-order valence-corrected chi connectivity index (χ1v) is 9.03. The molecule has 2 saturated heterocycles. The SMILES string of the molecule is CC(C)COc1cccc(NC(=O)N2CCO[C@]3(CCO[C@H]3C)C2)c1. The summed E-state index contributed by atoms with van der Waals surface area (Å²) >= 11 is 0. The molecular weight excluding hydrogens is 320 g/mol. The van der Waals surface area contributed by atoms with E-state index in [1.807, 2.05) is 36.1 Å². The number of nitrogens with zero attached hydrogens (tertiary/aromatic N) is 1.